The van der Waals surface area contributed by atoms with Crippen molar-refractivity contribution >= 4 is 17.4 Å². The summed E-state index contributed by atoms with van der Waals surface area (Å²) < 4.78 is 0. The molecule has 1 N–H and O–H groups in total. The van der Waals surface area contributed by atoms with Crippen molar-refractivity contribution in [3.8, 4) is 0 Å². The van der Waals surface area contributed by atoms with Crippen molar-refractivity contribution in [2.75, 3.05) is 32.7 Å². The molecule has 0 radical (unpaired) electrons. The SMILES string of the molecule is O=C(NC1CCN(CC(=O)N2CC=C(c3ccccc3)CC2)CC1)c1ccccc1. The van der Waals surface area contributed by atoms with Gasteiger partial charge in [0.2, 0.25) is 5.91 Å². The largest absolute Gasteiger partial charge is 0.349 e. The Morgan fingerprint density at radius 1 is 0.900 bits per heavy atom. The Labute approximate surface area is 178 Å². The molecule has 2 aromatic rings. The molecule has 156 valence electrons. The lowest BCUT2D eigenvalue weighted by Crippen LogP contribution is -2.48. The quantitative estimate of drug-likeness (QED) is 0.834. The molecular formula is C25H29N3O2. The van der Waals surface area contributed by atoms with E-state index in [4.69, 9.17) is 0 Å². The van der Waals surface area contributed by atoms with E-state index in [1.807, 2.05) is 41.3 Å². The summed E-state index contributed by atoms with van der Waals surface area (Å²) in [7, 11) is 0. The maximum absolute atomic E-state index is 12.7. The van der Waals surface area contributed by atoms with Crippen molar-refractivity contribution in [1.29, 1.82) is 0 Å². The molecular weight excluding hydrogens is 374 g/mol. The highest BCUT2D eigenvalue weighted by Crippen LogP contribution is 2.22. The maximum Gasteiger partial charge on any atom is 0.251 e. The van der Waals surface area contributed by atoms with Gasteiger partial charge in [-0.05, 0) is 42.5 Å². The molecule has 0 atom stereocenters. The summed E-state index contributed by atoms with van der Waals surface area (Å²) in [5, 5.41) is 3.12. The standard InChI is InChI=1S/C25H29N3O2/c29-24(28-17-11-21(12-18-28)20-7-3-1-4-8-20)19-27-15-13-23(14-16-27)26-25(30)22-9-5-2-6-10-22/h1-11,23H,12-19H2,(H,26,30). The molecule has 2 aliphatic heterocycles. The van der Waals surface area contributed by atoms with Crippen molar-refractivity contribution in [1.82, 2.24) is 15.1 Å². The molecule has 5 nitrogen and oxygen atoms in total. The predicted octanol–water partition coefficient (Wildman–Crippen LogP) is 3.20. The Morgan fingerprint density at radius 2 is 1.57 bits per heavy atom. The van der Waals surface area contributed by atoms with E-state index in [1.54, 1.807) is 0 Å². The molecule has 0 saturated carbocycles. The fraction of sp³-hybridized carbons (Fsp3) is 0.360. The van der Waals surface area contributed by atoms with Gasteiger partial charge in [0.15, 0.2) is 0 Å². The first kappa shape index (κ1) is 20.4. The number of rotatable bonds is 5. The van der Waals surface area contributed by atoms with E-state index < -0.39 is 0 Å². The van der Waals surface area contributed by atoms with E-state index >= 15 is 0 Å². The van der Waals surface area contributed by atoms with E-state index in [9.17, 15) is 9.59 Å². The zero-order valence-corrected chi connectivity index (χ0v) is 17.3. The summed E-state index contributed by atoms with van der Waals surface area (Å²) in [6.45, 7) is 3.61. The molecule has 0 spiro atoms. The van der Waals surface area contributed by atoms with Crippen LogP contribution in [-0.4, -0.2) is 60.4 Å². The fourth-order valence-corrected chi connectivity index (χ4v) is 4.20. The van der Waals surface area contributed by atoms with Crippen LogP contribution in [0.5, 0.6) is 0 Å². The molecule has 0 aromatic heterocycles. The maximum atomic E-state index is 12.7. The van der Waals surface area contributed by atoms with E-state index in [2.05, 4.69) is 40.6 Å². The number of benzene rings is 2. The third kappa shape index (κ3) is 5.16. The van der Waals surface area contributed by atoms with Gasteiger partial charge in [0.05, 0.1) is 6.54 Å². The highest BCUT2D eigenvalue weighted by molar-refractivity contribution is 5.94. The van der Waals surface area contributed by atoms with Gasteiger partial charge in [-0.2, -0.15) is 0 Å². The third-order valence-electron chi connectivity index (χ3n) is 6.02. The van der Waals surface area contributed by atoms with E-state index in [0.717, 1.165) is 38.9 Å². The monoisotopic (exact) mass is 403 g/mol. The van der Waals surface area contributed by atoms with E-state index in [1.165, 1.54) is 11.1 Å². The number of carbonyl (C=O) groups excluding carboxylic acids is 2. The molecule has 1 fully saturated rings. The Morgan fingerprint density at radius 3 is 2.20 bits per heavy atom. The summed E-state index contributed by atoms with van der Waals surface area (Å²) in [6, 6.07) is 19.9. The Hall–Kier alpha value is -2.92. The van der Waals surface area contributed by atoms with Crippen LogP contribution in [0.4, 0.5) is 0 Å². The molecule has 5 heteroatoms. The second-order valence-electron chi connectivity index (χ2n) is 8.08. The number of amides is 2. The van der Waals surface area contributed by atoms with Crippen LogP contribution in [0.25, 0.3) is 5.57 Å². The summed E-state index contributed by atoms with van der Waals surface area (Å²) in [4.78, 5) is 29.2. The number of piperidine rings is 1. The number of carbonyl (C=O) groups is 2. The van der Waals surface area contributed by atoms with Gasteiger partial charge in [-0.1, -0.05) is 54.6 Å². The zero-order chi connectivity index (χ0) is 20.8. The average molecular weight is 404 g/mol. The van der Waals surface area contributed by atoms with Crippen LogP contribution in [0, 0.1) is 0 Å². The smallest absolute Gasteiger partial charge is 0.251 e. The lowest BCUT2D eigenvalue weighted by Gasteiger charge is -2.34. The highest BCUT2D eigenvalue weighted by Gasteiger charge is 2.25. The van der Waals surface area contributed by atoms with Gasteiger partial charge >= 0.3 is 0 Å². The lowest BCUT2D eigenvalue weighted by molar-refractivity contribution is -0.132. The van der Waals surface area contributed by atoms with E-state index in [0.29, 0.717) is 18.7 Å². The summed E-state index contributed by atoms with van der Waals surface area (Å²) in [5.41, 5.74) is 3.28. The van der Waals surface area contributed by atoms with Crippen LogP contribution in [-0.2, 0) is 4.79 Å². The van der Waals surface area contributed by atoms with Crippen molar-refractivity contribution in [2.24, 2.45) is 0 Å². The number of hydrogen-bond acceptors (Lipinski definition) is 3. The van der Waals surface area contributed by atoms with Crippen LogP contribution in [0.2, 0.25) is 0 Å². The average Bonchev–Trinajstić information content (AvgIpc) is 2.81. The number of nitrogens with one attached hydrogen (secondary N) is 1. The van der Waals surface area contributed by atoms with Gasteiger partial charge in [0, 0.05) is 37.8 Å². The van der Waals surface area contributed by atoms with E-state index in [-0.39, 0.29) is 17.9 Å². The molecule has 2 aromatic carbocycles. The normalized spacial score (nSPS) is 18.0. The number of likely N-dealkylation sites (tertiary alicyclic amines) is 1. The van der Waals surface area contributed by atoms with Crippen LogP contribution >= 0.6 is 0 Å². The highest BCUT2D eigenvalue weighted by atomic mass is 16.2. The van der Waals surface area contributed by atoms with Crippen molar-refractivity contribution in [3.05, 3.63) is 77.9 Å². The molecule has 1 saturated heterocycles. The van der Waals surface area contributed by atoms with Crippen molar-refractivity contribution < 1.29 is 9.59 Å². The van der Waals surface area contributed by atoms with Crippen molar-refractivity contribution in [2.45, 2.75) is 25.3 Å². The van der Waals surface area contributed by atoms with Crippen LogP contribution in [0.1, 0.15) is 35.2 Å². The first-order valence-corrected chi connectivity index (χ1v) is 10.8. The lowest BCUT2D eigenvalue weighted by atomic mass is 9.99. The third-order valence-corrected chi connectivity index (χ3v) is 6.02. The molecule has 2 amide bonds. The Kier molecular flexibility index (Phi) is 6.60. The molecule has 0 unspecified atom stereocenters. The van der Waals surface area contributed by atoms with Gasteiger partial charge in [-0.3, -0.25) is 14.5 Å². The minimum atomic E-state index is -0.0144. The minimum Gasteiger partial charge on any atom is -0.349 e. The summed E-state index contributed by atoms with van der Waals surface area (Å²) >= 11 is 0. The van der Waals surface area contributed by atoms with Crippen LogP contribution in [0.15, 0.2) is 66.7 Å². The fourth-order valence-electron chi connectivity index (χ4n) is 4.20. The number of hydrogen-bond donors (Lipinski definition) is 1. The topological polar surface area (TPSA) is 52.7 Å². The summed E-state index contributed by atoms with van der Waals surface area (Å²) in [5.74, 6) is 0.185. The number of nitrogens with zero attached hydrogens (tertiary/aromatic N) is 2. The molecule has 2 heterocycles. The minimum absolute atomic E-state index is 0.0144. The second kappa shape index (κ2) is 9.72. The van der Waals surface area contributed by atoms with Gasteiger partial charge in [-0.15, -0.1) is 0 Å². The first-order chi connectivity index (χ1) is 14.7. The van der Waals surface area contributed by atoms with Gasteiger partial charge in [0.1, 0.15) is 0 Å². The Bertz CT molecular complexity index is 887. The molecule has 0 aliphatic carbocycles. The molecule has 30 heavy (non-hydrogen) atoms. The van der Waals surface area contributed by atoms with Gasteiger partial charge in [-0.25, -0.2) is 0 Å². The molecule has 2 aliphatic rings. The summed E-state index contributed by atoms with van der Waals surface area (Å²) in [6.07, 6.45) is 4.85. The molecule has 4 rings (SSSR count). The second-order valence-corrected chi connectivity index (χ2v) is 8.08. The molecule has 0 bridgehead atoms. The predicted molar refractivity (Wildman–Crippen MR) is 119 cm³/mol. The van der Waals surface area contributed by atoms with Gasteiger partial charge in [0.25, 0.3) is 5.91 Å². The Balaban J connectivity index is 1.21. The zero-order valence-electron chi connectivity index (χ0n) is 17.3. The van der Waals surface area contributed by atoms with Crippen LogP contribution in [0.3, 0.4) is 0 Å². The van der Waals surface area contributed by atoms with Gasteiger partial charge < -0.3 is 10.2 Å². The van der Waals surface area contributed by atoms with Crippen LogP contribution < -0.4 is 5.32 Å². The van der Waals surface area contributed by atoms with Crippen molar-refractivity contribution in [3.63, 3.8) is 0 Å². The first-order valence-electron chi connectivity index (χ1n) is 10.8.